The molecule has 0 amide bonds. The predicted molar refractivity (Wildman–Crippen MR) is 74.1 cm³/mol. The van der Waals surface area contributed by atoms with Crippen molar-refractivity contribution in [3.63, 3.8) is 0 Å². The molecular weight excluding hydrogens is 258 g/mol. The molecule has 0 bridgehead atoms. The quantitative estimate of drug-likeness (QED) is 0.525. The van der Waals surface area contributed by atoms with Gasteiger partial charge in [-0.2, -0.15) is 0 Å². The number of carbonyl (C=O) groups excluding carboxylic acids is 1. The Morgan fingerprint density at radius 1 is 1.50 bits per heavy atom. The summed E-state index contributed by atoms with van der Waals surface area (Å²) in [5.41, 5.74) is 2.41. The first-order valence-corrected chi connectivity index (χ1v) is 6.50. The van der Waals surface area contributed by atoms with Gasteiger partial charge in [0.1, 0.15) is 5.75 Å². The van der Waals surface area contributed by atoms with Gasteiger partial charge < -0.3 is 14.5 Å². The third kappa shape index (κ3) is 2.44. The number of aryl methyl sites for hydroxylation is 1. The van der Waals surface area contributed by atoms with E-state index in [4.69, 9.17) is 9.47 Å². The van der Waals surface area contributed by atoms with Gasteiger partial charge in [0.05, 0.1) is 18.2 Å². The van der Waals surface area contributed by atoms with Crippen molar-refractivity contribution in [2.45, 2.75) is 26.4 Å². The van der Waals surface area contributed by atoms with Crippen molar-refractivity contribution in [2.75, 3.05) is 6.61 Å². The summed E-state index contributed by atoms with van der Waals surface area (Å²) in [7, 11) is 0. The van der Waals surface area contributed by atoms with Crippen LogP contribution >= 0.6 is 0 Å². The van der Waals surface area contributed by atoms with Crippen LogP contribution in [0, 0.1) is 6.92 Å². The maximum atomic E-state index is 11.5. The number of aromatic amines is 1. The predicted octanol–water partition coefficient (Wildman–Crippen LogP) is 1.70. The second-order valence-corrected chi connectivity index (χ2v) is 5.05. The second kappa shape index (κ2) is 4.76. The Morgan fingerprint density at radius 3 is 2.90 bits per heavy atom. The third-order valence-electron chi connectivity index (χ3n) is 3.34. The number of pyridine rings is 1. The fourth-order valence-corrected chi connectivity index (χ4v) is 2.39. The molecule has 0 spiro atoms. The molecule has 1 aromatic carbocycles. The number of aromatic nitrogens is 1. The topological polar surface area (TPSA) is 71.7 Å². The summed E-state index contributed by atoms with van der Waals surface area (Å²) in [4.78, 5) is 25.6. The van der Waals surface area contributed by atoms with E-state index in [-0.39, 0.29) is 17.6 Å². The van der Waals surface area contributed by atoms with E-state index < -0.39 is 0 Å². The monoisotopic (exact) mass is 273 g/mol. The molecule has 104 valence electrons. The summed E-state index contributed by atoms with van der Waals surface area (Å²) >= 11 is 0. The normalized spacial score (nSPS) is 17.2. The van der Waals surface area contributed by atoms with Crippen LogP contribution in [0.4, 0.5) is 0 Å². The Hall–Kier alpha value is -2.14. The average molecular weight is 273 g/mol. The van der Waals surface area contributed by atoms with Crippen LogP contribution in [0.3, 0.4) is 0 Å². The summed E-state index contributed by atoms with van der Waals surface area (Å²) < 4.78 is 10.6. The van der Waals surface area contributed by atoms with E-state index in [2.05, 4.69) is 4.98 Å². The van der Waals surface area contributed by atoms with Crippen molar-refractivity contribution in [3.05, 3.63) is 39.7 Å². The molecule has 0 aliphatic carbocycles. The Bertz CT molecular complexity index is 743. The van der Waals surface area contributed by atoms with Gasteiger partial charge in [-0.3, -0.25) is 9.59 Å². The van der Waals surface area contributed by atoms with Crippen LogP contribution in [0.25, 0.3) is 10.9 Å². The number of epoxide rings is 1. The molecule has 1 atom stereocenters. The lowest BCUT2D eigenvalue weighted by Gasteiger charge is -2.13. The van der Waals surface area contributed by atoms with Gasteiger partial charge in [0.15, 0.2) is 0 Å². The number of benzene rings is 1. The van der Waals surface area contributed by atoms with Crippen molar-refractivity contribution in [1.29, 1.82) is 0 Å². The fourth-order valence-electron chi connectivity index (χ4n) is 2.39. The fraction of sp³-hybridized carbons (Fsp3) is 0.333. The zero-order valence-corrected chi connectivity index (χ0v) is 11.4. The maximum absolute atomic E-state index is 11.5. The number of esters is 1. The second-order valence-electron chi connectivity index (χ2n) is 5.05. The molecular formula is C15H15NO4. The van der Waals surface area contributed by atoms with Crippen molar-refractivity contribution < 1.29 is 14.3 Å². The number of hydrogen-bond acceptors (Lipinski definition) is 4. The summed E-state index contributed by atoms with van der Waals surface area (Å²) in [6.07, 6.45) is 0.905. The van der Waals surface area contributed by atoms with E-state index in [0.717, 1.165) is 23.1 Å². The average Bonchev–Trinajstić information content (AvgIpc) is 3.18. The Labute approximate surface area is 115 Å². The molecule has 0 saturated carbocycles. The van der Waals surface area contributed by atoms with Crippen LogP contribution in [0.15, 0.2) is 23.0 Å². The van der Waals surface area contributed by atoms with Gasteiger partial charge in [-0.05, 0) is 24.1 Å². The Balaban J connectivity index is 2.22. The van der Waals surface area contributed by atoms with Gasteiger partial charge in [0.2, 0.25) is 5.56 Å². The first kappa shape index (κ1) is 12.9. The van der Waals surface area contributed by atoms with E-state index >= 15 is 0 Å². The van der Waals surface area contributed by atoms with Gasteiger partial charge in [-0.25, -0.2) is 0 Å². The molecule has 1 aliphatic rings. The number of carbonyl (C=O) groups is 1. The van der Waals surface area contributed by atoms with Gasteiger partial charge in [0.25, 0.3) is 0 Å². The minimum absolute atomic E-state index is 0.173. The number of fused-ring (bicyclic) bond motifs is 1. The first-order chi connectivity index (χ1) is 9.54. The summed E-state index contributed by atoms with van der Waals surface area (Å²) in [5.74, 6) is 0.143. The Kier molecular flexibility index (Phi) is 3.06. The lowest BCUT2D eigenvalue weighted by Crippen LogP contribution is -2.09. The van der Waals surface area contributed by atoms with E-state index in [1.807, 2.05) is 13.0 Å². The molecule has 20 heavy (non-hydrogen) atoms. The van der Waals surface area contributed by atoms with Crippen LogP contribution in [0.2, 0.25) is 0 Å². The van der Waals surface area contributed by atoms with Crippen molar-refractivity contribution in [1.82, 2.24) is 4.98 Å². The smallest absolute Gasteiger partial charge is 0.308 e. The first-order valence-electron chi connectivity index (χ1n) is 6.50. The molecule has 1 aromatic heterocycles. The van der Waals surface area contributed by atoms with Crippen LogP contribution in [-0.4, -0.2) is 23.7 Å². The molecule has 5 heteroatoms. The van der Waals surface area contributed by atoms with Crippen LogP contribution in [-0.2, 0) is 16.0 Å². The number of ether oxygens (including phenoxy) is 2. The lowest BCUT2D eigenvalue weighted by molar-refractivity contribution is -0.131. The van der Waals surface area contributed by atoms with E-state index in [1.165, 1.54) is 13.0 Å². The number of nitrogens with one attached hydrogen (secondary N) is 1. The van der Waals surface area contributed by atoms with Crippen LogP contribution in [0.5, 0.6) is 5.75 Å². The third-order valence-corrected chi connectivity index (χ3v) is 3.34. The highest BCUT2D eigenvalue weighted by Crippen LogP contribution is 2.33. The van der Waals surface area contributed by atoms with Crippen molar-refractivity contribution >= 4 is 16.9 Å². The molecule has 1 N–H and O–H groups in total. The van der Waals surface area contributed by atoms with Crippen LogP contribution in [0.1, 0.15) is 18.1 Å². The standard InChI is InChI=1S/C15H15NO4/c1-8-5-10(6-11-7-19-11)15(20-9(2)17)12-3-4-13(18)16-14(8)12/h3-5,11H,6-7H2,1-2H3,(H,16,18). The maximum Gasteiger partial charge on any atom is 0.308 e. The highest BCUT2D eigenvalue weighted by Gasteiger charge is 2.26. The van der Waals surface area contributed by atoms with Gasteiger partial charge >= 0.3 is 5.97 Å². The molecule has 3 rings (SSSR count). The van der Waals surface area contributed by atoms with Gasteiger partial charge in [0, 0.05) is 24.8 Å². The molecule has 1 saturated heterocycles. The van der Waals surface area contributed by atoms with Crippen molar-refractivity contribution in [3.8, 4) is 5.75 Å². The zero-order valence-electron chi connectivity index (χ0n) is 11.4. The van der Waals surface area contributed by atoms with Gasteiger partial charge in [-0.15, -0.1) is 0 Å². The highest BCUT2D eigenvalue weighted by atomic mass is 16.6. The minimum Gasteiger partial charge on any atom is -0.426 e. The van der Waals surface area contributed by atoms with E-state index in [0.29, 0.717) is 17.7 Å². The molecule has 1 unspecified atom stereocenters. The minimum atomic E-state index is -0.376. The number of rotatable bonds is 3. The number of H-pyrrole nitrogens is 1. The zero-order chi connectivity index (χ0) is 14.3. The largest absolute Gasteiger partial charge is 0.426 e. The molecule has 1 fully saturated rings. The molecule has 2 aromatic rings. The Morgan fingerprint density at radius 2 is 2.25 bits per heavy atom. The van der Waals surface area contributed by atoms with E-state index in [9.17, 15) is 9.59 Å². The lowest BCUT2D eigenvalue weighted by atomic mass is 10.0. The SMILES string of the molecule is CC(=O)Oc1c(CC2CO2)cc(C)c2[nH]c(=O)ccc12. The van der Waals surface area contributed by atoms with Crippen LogP contribution < -0.4 is 10.3 Å². The molecule has 5 nitrogen and oxygen atoms in total. The van der Waals surface area contributed by atoms with E-state index in [1.54, 1.807) is 6.07 Å². The number of hydrogen-bond donors (Lipinski definition) is 1. The van der Waals surface area contributed by atoms with Crippen molar-refractivity contribution in [2.24, 2.45) is 0 Å². The summed E-state index contributed by atoms with van der Waals surface area (Å²) in [6.45, 7) is 4.03. The molecule has 2 heterocycles. The summed E-state index contributed by atoms with van der Waals surface area (Å²) in [5, 5.41) is 0.746. The highest BCUT2D eigenvalue weighted by molar-refractivity contribution is 5.91. The molecule has 0 radical (unpaired) electrons. The molecule has 1 aliphatic heterocycles. The summed E-state index contributed by atoms with van der Waals surface area (Å²) in [6, 6.07) is 5.07. The van der Waals surface area contributed by atoms with Gasteiger partial charge in [-0.1, -0.05) is 6.07 Å².